The highest BCUT2D eigenvalue weighted by Crippen LogP contribution is 2.11. The Labute approximate surface area is 129 Å². The van der Waals surface area contributed by atoms with Crippen molar-refractivity contribution >= 4 is 5.91 Å². The Hall–Kier alpha value is -2.14. The van der Waals surface area contributed by atoms with Gasteiger partial charge >= 0.3 is 0 Å². The first-order chi connectivity index (χ1) is 10.7. The second-order valence-corrected chi connectivity index (χ2v) is 5.54. The summed E-state index contributed by atoms with van der Waals surface area (Å²) in [6, 6.07) is 9.97. The predicted octanol–water partition coefficient (Wildman–Crippen LogP) is 2.31. The normalized spacial score (nSPS) is 16.0. The van der Waals surface area contributed by atoms with Crippen LogP contribution in [0, 0.1) is 5.82 Å². The number of carbonyl (C=O) groups excluding carboxylic acids is 1. The van der Waals surface area contributed by atoms with Gasteiger partial charge in [0, 0.05) is 26.2 Å². The van der Waals surface area contributed by atoms with Crippen LogP contribution in [0.1, 0.15) is 11.3 Å². The van der Waals surface area contributed by atoms with Crippen LogP contribution in [0.4, 0.5) is 4.39 Å². The van der Waals surface area contributed by atoms with Gasteiger partial charge in [0.1, 0.15) is 11.6 Å². The zero-order valence-electron chi connectivity index (χ0n) is 12.4. The molecule has 2 heterocycles. The van der Waals surface area contributed by atoms with E-state index in [2.05, 4.69) is 4.90 Å². The standard InChI is InChI=1S/C17H19FN2O2/c18-15-5-3-14(4-6-15)12-17(21)20-9-7-19(8-10-20)13-16-2-1-11-22-16/h1-6,11H,7-10,12-13H2. The van der Waals surface area contributed by atoms with E-state index in [1.54, 1.807) is 18.4 Å². The lowest BCUT2D eigenvalue weighted by Gasteiger charge is -2.34. The molecule has 1 aromatic heterocycles. The molecular weight excluding hydrogens is 283 g/mol. The molecule has 1 fully saturated rings. The van der Waals surface area contributed by atoms with E-state index in [-0.39, 0.29) is 11.7 Å². The van der Waals surface area contributed by atoms with Crippen LogP contribution in [0.25, 0.3) is 0 Å². The van der Waals surface area contributed by atoms with Gasteiger partial charge in [-0.15, -0.1) is 0 Å². The maximum absolute atomic E-state index is 12.9. The molecule has 0 saturated carbocycles. The van der Waals surface area contributed by atoms with Gasteiger partial charge in [0.2, 0.25) is 5.91 Å². The Morgan fingerprint density at radius 2 is 1.82 bits per heavy atom. The number of halogens is 1. The van der Waals surface area contributed by atoms with E-state index < -0.39 is 0 Å². The minimum Gasteiger partial charge on any atom is -0.468 e. The minimum atomic E-state index is -0.275. The summed E-state index contributed by atoms with van der Waals surface area (Å²) in [6.45, 7) is 3.92. The van der Waals surface area contributed by atoms with E-state index in [9.17, 15) is 9.18 Å². The van der Waals surface area contributed by atoms with E-state index in [1.807, 2.05) is 17.0 Å². The Morgan fingerprint density at radius 3 is 2.45 bits per heavy atom. The summed E-state index contributed by atoms with van der Waals surface area (Å²) in [5.74, 6) is 0.776. The number of furan rings is 1. The van der Waals surface area contributed by atoms with Crippen molar-refractivity contribution in [2.75, 3.05) is 26.2 Å². The first-order valence-corrected chi connectivity index (χ1v) is 7.48. The van der Waals surface area contributed by atoms with Gasteiger partial charge in [0.15, 0.2) is 0 Å². The molecule has 2 aromatic rings. The van der Waals surface area contributed by atoms with E-state index in [1.165, 1.54) is 12.1 Å². The van der Waals surface area contributed by atoms with Crippen LogP contribution in [0.3, 0.4) is 0 Å². The zero-order valence-corrected chi connectivity index (χ0v) is 12.4. The summed E-state index contributed by atoms with van der Waals surface area (Å²) >= 11 is 0. The lowest BCUT2D eigenvalue weighted by atomic mass is 10.1. The van der Waals surface area contributed by atoms with Gasteiger partial charge in [-0.05, 0) is 29.8 Å². The number of rotatable bonds is 4. The summed E-state index contributed by atoms with van der Waals surface area (Å²) in [5, 5.41) is 0. The SMILES string of the molecule is O=C(Cc1ccc(F)cc1)N1CCN(Cc2ccco2)CC1. The largest absolute Gasteiger partial charge is 0.468 e. The number of carbonyl (C=O) groups is 1. The maximum Gasteiger partial charge on any atom is 0.227 e. The molecule has 0 N–H and O–H groups in total. The summed E-state index contributed by atoms with van der Waals surface area (Å²) < 4.78 is 18.2. The van der Waals surface area contributed by atoms with Crippen molar-refractivity contribution in [2.24, 2.45) is 0 Å². The van der Waals surface area contributed by atoms with Crippen LogP contribution in [0.2, 0.25) is 0 Å². The number of hydrogen-bond acceptors (Lipinski definition) is 3. The molecule has 0 aliphatic carbocycles. The summed E-state index contributed by atoms with van der Waals surface area (Å²) in [7, 11) is 0. The van der Waals surface area contributed by atoms with Crippen molar-refractivity contribution in [2.45, 2.75) is 13.0 Å². The van der Waals surface area contributed by atoms with Crippen molar-refractivity contribution in [3.8, 4) is 0 Å². The highest BCUT2D eigenvalue weighted by atomic mass is 19.1. The van der Waals surface area contributed by atoms with Gasteiger partial charge in [0.05, 0.1) is 19.2 Å². The van der Waals surface area contributed by atoms with Gasteiger partial charge in [-0.1, -0.05) is 12.1 Å². The van der Waals surface area contributed by atoms with Gasteiger partial charge in [-0.25, -0.2) is 4.39 Å². The van der Waals surface area contributed by atoms with Crippen LogP contribution in [0.15, 0.2) is 47.1 Å². The second kappa shape index (κ2) is 6.75. The molecule has 0 spiro atoms. The average Bonchev–Trinajstić information content (AvgIpc) is 3.03. The molecule has 1 aromatic carbocycles. The molecule has 22 heavy (non-hydrogen) atoms. The van der Waals surface area contributed by atoms with Crippen molar-refractivity contribution in [1.82, 2.24) is 9.80 Å². The third-order valence-electron chi connectivity index (χ3n) is 3.95. The highest BCUT2D eigenvalue weighted by molar-refractivity contribution is 5.78. The third-order valence-corrected chi connectivity index (χ3v) is 3.95. The Balaban J connectivity index is 1.48. The topological polar surface area (TPSA) is 36.7 Å². The molecule has 1 amide bonds. The van der Waals surface area contributed by atoms with Crippen molar-refractivity contribution < 1.29 is 13.6 Å². The van der Waals surface area contributed by atoms with E-state index >= 15 is 0 Å². The molecule has 1 aliphatic rings. The fraction of sp³-hybridized carbons (Fsp3) is 0.353. The van der Waals surface area contributed by atoms with Gasteiger partial charge in [-0.2, -0.15) is 0 Å². The quantitative estimate of drug-likeness (QED) is 0.869. The number of hydrogen-bond donors (Lipinski definition) is 0. The Bertz CT molecular complexity index is 602. The first-order valence-electron chi connectivity index (χ1n) is 7.48. The summed E-state index contributed by atoms with van der Waals surface area (Å²) in [6.07, 6.45) is 2.01. The van der Waals surface area contributed by atoms with Crippen molar-refractivity contribution in [1.29, 1.82) is 0 Å². The van der Waals surface area contributed by atoms with Crippen LogP contribution in [-0.4, -0.2) is 41.9 Å². The van der Waals surface area contributed by atoms with E-state index in [0.717, 1.165) is 44.0 Å². The molecule has 1 aliphatic heterocycles. The van der Waals surface area contributed by atoms with Crippen LogP contribution in [0.5, 0.6) is 0 Å². The molecule has 0 bridgehead atoms. The highest BCUT2D eigenvalue weighted by Gasteiger charge is 2.21. The number of amides is 1. The molecular formula is C17H19FN2O2. The third kappa shape index (κ3) is 3.74. The lowest BCUT2D eigenvalue weighted by Crippen LogP contribution is -2.48. The van der Waals surface area contributed by atoms with Gasteiger partial charge in [0.25, 0.3) is 0 Å². The molecule has 3 rings (SSSR count). The molecule has 0 atom stereocenters. The molecule has 116 valence electrons. The van der Waals surface area contributed by atoms with Crippen molar-refractivity contribution in [3.63, 3.8) is 0 Å². The average molecular weight is 302 g/mol. The minimum absolute atomic E-state index is 0.101. The molecule has 0 unspecified atom stereocenters. The predicted molar refractivity (Wildman–Crippen MR) is 80.7 cm³/mol. The molecule has 4 nitrogen and oxygen atoms in total. The fourth-order valence-electron chi connectivity index (χ4n) is 2.67. The lowest BCUT2D eigenvalue weighted by molar-refractivity contribution is -0.132. The number of benzene rings is 1. The Kier molecular flexibility index (Phi) is 4.53. The van der Waals surface area contributed by atoms with E-state index in [0.29, 0.717) is 6.42 Å². The van der Waals surface area contributed by atoms with Crippen LogP contribution in [-0.2, 0) is 17.8 Å². The zero-order chi connectivity index (χ0) is 15.4. The molecule has 5 heteroatoms. The number of piperazine rings is 1. The summed E-state index contributed by atoms with van der Waals surface area (Å²) in [4.78, 5) is 16.4. The first kappa shape index (κ1) is 14.8. The van der Waals surface area contributed by atoms with Crippen LogP contribution >= 0.6 is 0 Å². The Morgan fingerprint density at radius 1 is 1.09 bits per heavy atom. The van der Waals surface area contributed by atoms with E-state index in [4.69, 9.17) is 4.42 Å². The van der Waals surface area contributed by atoms with Gasteiger partial charge < -0.3 is 9.32 Å². The molecule has 1 saturated heterocycles. The fourth-order valence-corrected chi connectivity index (χ4v) is 2.67. The second-order valence-electron chi connectivity index (χ2n) is 5.54. The number of nitrogens with zero attached hydrogens (tertiary/aromatic N) is 2. The van der Waals surface area contributed by atoms with Crippen LogP contribution < -0.4 is 0 Å². The summed E-state index contributed by atoms with van der Waals surface area (Å²) in [5.41, 5.74) is 0.851. The van der Waals surface area contributed by atoms with Crippen molar-refractivity contribution in [3.05, 3.63) is 59.8 Å². The maximum atomic E-state index is 12.9. The smallest absolute Gasteiger partial charge is 0.227 e. The van der Waals surface area contributed by atoms with Gasteiger partial charge in [-0.3, -0.25) is 9.69 Å². The molecule has 0 radical (unpaired) electrons. The monoisotopic (exact) mass is 302 g/mol.